The molecule has 22 heteroatoms. The van der Waals surface area contributed by atoms with E-state index in [1.54, 1.807) is 63.9 Å². The summed E-state index contributed by atoms with van der Waals surface area (Å²) in [6.07, 6.45) is -8.07. The molecular weight excluding hydrogens is 1020 g/mol. The lowest BCUT2D eigenvalue weighted by atomic mass is 9.89. The zero-order valence-corrected chi connectivity index (χ0v) is 46.8. The Kier molecular flexibility index (Phi) is 21.3. The molecule has 15 atom stereocenters. The van der Waals surface area contributed by atoms with Crippen LogP contribution in [0.4, 0.5) is 4.79 Å². The van der Waals surface area contributed by atoms with Crippen LogP contribution >= 0.6 is 11.3 Å². The van der Waals surface area contributed by atoms with Crippen molar-refractivity contribution >= 4 is 57.1 Å². The minimum absolute atomic E-state index is 0.0690. The lowest BCUT2D eigenvalue weighted by Crippen LogP contribution is -2.62. The number of aliphatic hydroxyl groups excluding tert-OH is 4. The lowest BCUT2D eigenvalue weighted by molar-refractivity contribution is -0.229. The number of nitrogens with one attached hydrogen (secondary N) is 2. The molecule has 5 amide bonds. The van der Waals surface area contributed by atoms with Gasteiger partial charge in [0.1, 0.15) is 47.6 Å². The molecule has 0 saturated carbocycles. The number of nitrogens with zero attached hydrogens (tertiary/aromatic N) is 3. The van der Waals surface area contributed by atoms with Crippen molar-refractivity contribution in [3.8, 4) is 5.75 Å². The number of esters is 1. The maximum atomic E-state index is 15.2. The van der Waals surface area contributed by atoms with Gasteiger partial charge in [-0.3, -0.25) is 24.1 Å². The van der Waals surface area contributed by atoms with Crippen molar-refractivity contribution in [2.24, 2.45) is 17.8 Å². The molecule has 77 heavy (non-hydrogen) atoms. The van der Waals surface area contributed by atoms with Crippen LogP contribution in [0.15, 0.2) is 48.5 Å². The van der Waals surface area contributed by atoms with E-state index < -0.39 is 122 Å². The third-order valence-electron chi connectivity index (χ3n) is 15.4. The van der Waals surface area contributed by atoms with Crippen molar-refractivity contribution in [3.63, 3.8) is 0 Å². The SMILES string of the molecule is CC[C@H](C)[C@@H](C(CC(=O)N1CCC[C@H]1[C@H](OC)[C@@H](C)C(=O)N[C@H](C)[C@@H](O)c1ccccc1)OC)N(C)C(=O)C1NC(=O)[C@H](C(C)C)N(C)C(=O)OCc2ccc(O[C@H]3C[C@@H](O)[C@@H](O)[C@@H](CO)O3)c3sc(cc23)C(=O)O[C@H]1C. The first-order valence-electron chi connectivity index (χ1n) is 26.5. The molecule has 4 heterocycles. The van der Waals surface area contributed by atoms with E-state index in [0.29, 0.717) is 47.0 Å². The summed E-state index contributed by atoms with van der Waals surface area (Å²) in [4.78, 5) is 90.4. The van der Waals surface area contributed by atoms with Crippen molar-refractivity contribution in [3.05, 3.63) is 64.5 Å². The first-order valence-corrected chi connectivity index (χ1v) is 27.3. The average molecular weight is 1100 g/mol. The number of carbonyl (C=O) groups is 6. The van der Waals surface area contributed by atoms with E-state index in [0.717, 1.165) is 16.2 Å². The molecule has 2 aromatic carbocycles. The number of aliphatic hydroxyl groups is 4. The van der Waals surface area contributed by atoms with Gasteiger partial charge in [-0.05, 0) is 61.8 Å². The molecule has 2 saturated heterocycles. The summed E-state index contributed by atoms with van der Waals surface area (Å²) < 4.78 is 36.2. The number of methoxy groups -OCH3 is 2. The highest BCUT2D eigenvalue weighted by molar-refractivity contribution is 7.21. The average Bonchev–Trinajstić information content (AvgIpc) is 4.12. The van der Waals surface area contributed by atoms with Crippen LogP contribution in [0.25, 0.3) is 10.1 Å². The number of cyclic esters (lactones) is 2. The van der Waals surface area contributed by atoms with Crippen LogP contribution in [0.1, 0.15) is 107 Å². The molecule has 2 bridgehead atoms. The molecule has 2 fully saturated rings. The number of amides is 5. The third-order valence-corrected chi connectivity index (χ3v) is 16.6. The summed E-state index contributed by atoms with van der Waals surface area (Å²) in [5.41, 5.74) is 1.13. The van der Waals surface area contributed by atoms with Gasteiger partial charge in [0.15, 0.2) is 0 Å². The Labute approximate surface area is 454 Å². The molecule has 1 aromatic heterocycles. The largest absolute Gasteiger partial charge is 0.463 e. The van der Waals surface area contributed by atoms with E-state index in [-0.39, 0.29) is 47.8 Å². The summed E-state index contributed by atoms with van der Waals surface area (Å²) >= 11 is 0.982. The van der Waals surface area contributed by atoms with Gasteiger partial charge in [-0.1, -0.05) is 77.4 Å². The summed E-state index contributed by atoms with van der Waals surface area (Å²) in [6, 6.07) is 9.20. The Morgan fingerprint density at radius 3 is 2.35 bits per heavy atom. The zero-order valence-electron chi connectivity index (χ0n) is 46.0. The second kappa shape index (κ2) is 26.9. The molecular formula is C55H79N5O16S. The number of carbonyl (C=O) groups excluding carboxylic acids is 6. The van der Waals surface area contributed by atoms with Crippen LogP contribution < -0.4 is 15.4 Å². The van der Waals surface area contributed by atoms with Gasteiger partial charge < -0.3 is 69.3 Å². The van der Waals surface area contributed by atoms with Gasteiger partial charge in [0.2, 0.25) is 29.9 Å². The Morgan fingerprint density at radius 2 is 1.71 bits per heavy atom. The quantitative estimate of drug-likeness (QED) is 0.0929. The van der Waals surface area contributed by atoms with Crippen molar-refractivity contribution in [1.29, 1.82) is 0 Å². The maximum Gasteiger partial charge on any atom is 0.410 e. The standard InChI is InChI=1S/C55H79N5O16S/c1-12-29(4)46(39(71-10)25-42(63)60-22-16-19-36(60)49(72-11)30(5)51(66)56-31(6)47(64)33-17-14-13-15-18-33)58(8)53(68)44-32(7)74-54(69)41-23-35-34(27-73-55(70)59(9)45(28(2)3)52(67)57-44)20-21-38(50(35)77-41)75-43-24-37(62)48(65)40(26-61)76-43/h13-15,17-18,20-21,23,28-32,36-37,39-40,43-49,61-62,64-65H,12,16,19,22,24-27H2,1-11H3,(H,56,66)(H,57,67)/t29-,30+,31+,32-,36-,37+,39?,40+,43+,44?,45-,46-,47+,48+,49+/m0/s1. The monoisotopic (exact) mass is 1100 g/mol. The highest BCUT2D eigenvalue weighted by Gasteiger charge is 2.45. The van der Waals surface area contributed by atoms with Crippen LogP contribution in [-0.4, -0.2) is 185 Å². The molecule has 6 rings (SSSR count). The van der Waals surface area contributed by atoms with Crippen LogP contribution in [0.2, 0.25) is 0 Å². The van der Waals surface area contributed by atoms with Gasteiger partial charge in [0, 0.05) is 46.7 Å². The van der Waals surface area contributed by atoms with Gasteiger partial charge in [0.05, 0.1) is 66.2 Å². The lowest BCUT2D eigenvalue weighted by Gasteiger charge is -2.41. The second-order valence-electron chi connectivity index (χ2n) is 21.0. The van der Waals surface area contributed by atoms with Gasteiger partial charge in [-0.2, -0.15) is 0 Å². The summed E-state index contributed by atoms with van der Waals surface area (Å²) in [6.45, 7) is 11.8. The molecule has 0 spiro atoms. The third kappa shape index (κ3) is 13.9. The normalized spacial score (nSPS) is 26.3. The van der Waals surface area contributed by atoms with Crippen LogP contribution in [0.3, 0.4) is 0 Å². The van der Waals surface area contributed by atoms with Gasteiger partial charge in [-0.15, -0.1) is 11.3 Å². The minimum atomic E-state index is -1.53. The molecule has 6 N–H and O–H groups in total. The fraction of sp³-hybridized carbons (Fsp3) is 0.636. The molecule has 0 radical (unpaired) electrons. The highest BCUT2D eigenvalue weighted by atomic mass is 32.1. The van der Waals surface area contributed by atoms with Gasteiger partial charge in [0.25, 0.3) is 0 Å². The molecule has 3 aromatic rings. The first-order chi connectivity index (χ1) is 36.6. The van der Waals surface area contributed by atoms with E-state index in [4.69, 9.17) is 28.4 Å². The van der Waals surface area contributed by atoms with Crippen LogP contribution in [0, 0.1) is 17.8 Å². The molecule has 0 aliphatic carbocycles. The smallest absolute Gasteiger partial charge is 0.410 e. The minimum Gasteiger partial charge on any atom is -0.463 e. The van der Waals surface area contributed by atoms with E-state index in [2.05, 4.69) is 10.6 Å². The van der Waals surface area contributed by atoms with E-state index in [1.165, 1.54) is 39.2 Å². The van der Waals surface area contributed by atoms with E-state index in [1.807, 2.05) is 32.0 Å². The number of rotatable bonds is 19. The predicted octanol–water partition coefficient (Wildman–Crippen LogP) is 3.90. The number of hydrogen-bond donors (Lipinski definition) is 6. The summed E-state index contributed by atoms with van der Waals surface area (Å²) in [5, 5.41) is 47.7. The van der Waals surface area contributed by atoms with Crippen molar-refractivity contribution in [1.82, 2.24) is 25.3 Å². The number of likely N-dealkylation sites (N-methyl/N-ethyl adjacent to an activating group) is 2. The molecule has 3 aliphatic heterocycles. The van der Waals surface area contributed by atoms with E-state index in [9.17, 15) is 44.4 Å². The number of likely N-dealkylation sites (tertiary alicyclic amines) is 1. The number of hydrogen-bond acceptors (Lipinski definition) is 17. The van der Waals surface area contributed by atoms with Crippen molar-refractivity contribution < 1.29 is 77.6 Å². The van der Waals surface area contributed by atoms with Crippen LogP contribution in [0.5, 0.6) is 5.75 Å². The van der Waals surface area contributed by atoms with Crippen molar-refractivity contribution in [2.75, 3.05) is 41.5 Å². The van der Waals surface area contributed by atoms with Crippen LogP contribution in [-0.2, 0) is 49.5 Å². The Bertz CT molecular complexity index is 2510. The molecule has 3 aliphatic rings. The summed E-state index contributed by atoms with van der Waals surface area (Å²) in [7, 11) is 5.91. The number of benzene rings is 2. The number of fused-ring (bicyclic) bond motifs is 1. The zero-order chi connectivity index (χ0) is 56.6. The van der Waals surface area contributed by atoms with Crippen molar-refractivity contribution in [2.45, 2.75) is 166 Å². The topological polar surface area (TPSA) is 272 Å². The van der Waals surface area contributed by atoms with E-state index >= 15 is 4.79 Å². The fourth-order valence-electron chi connectivity index (χ4n) is 10.9. The Morgan fingerprint density at radius 1 is 1.01 bits per heavy atom. The second-order valence-corrected chi connectivity index (χ2v) is 22.0. The van der Waals surface area contributed by atoms with Gasteiger partial charge >= 0.3 is 12.1 Å². The summed E-state index contributed by atoms with van der Waals surface area (Å²) in [5.74, 6) is -4.14. The highest BCUT2D eigenvalue weighted by Crippen LogP contribution is 2.39. The fourth-order valence-corrected chi connectivity index (χ4v) is 11.9. The van der Waals surface area contributed by atoms with Gasteiger partial charge in [-0.25, -0.2) is 9.59 Å². The first kappa shape index (κ1) is 60.8. The molecule has 426 valence electrons. The molecule has 2 unspecified atom stereocenters. The maximum absolute atomic E-state index is 15.2. The Balaban J connectivity index is 1.26. The predicted molar refractivity (Wildman–Crippen MR) is 283 cm³/mol. The Hall–Kier alpha value is -5.46. The number of thiophene rings is 1. The molecule has 21 nitrogen and oxygen atoms in total. The number of ether oxygens (including phenoxy) is 6.